The van der Waals surface area contributed by atoms with Crippen LogP contribution in [0.25, 0.3) is 11.1 Å². The van der Waals surface area contributed by atoms with Crippen molar-refractivity contribution in [1.82, 2.24) is 15.6 Å². The van der Waals surface area contributed by atoms with E-state index in [1.165, 1.54) is 6.92 Å². The molecule has 2 amide bonds. The molecule has 2 aromatic rings. The number of rotatable bonds is 7. The highest BCUT2D eigenvalue weighted by Gasteiger charge is 2.25. The van der Waals surface area contributed by atoms with E-state index in [4.69, 9.17) is 9.15 Å². The zero-order valence-corrected chi connectivity index (χ0v) is 15.8. The molecular formula is C19H26N4O4. The number of aromatic nitrogens is 1. The van der Waals surface area contributed by atoms with Crippen LogP contribution in [0.5, 0.6) is 5.75 Å². The summed E-state index contributed by atoms with van der Waals surface area (Å²) in [6, 6.07) is 6.15. The van der Waals surface area contributed by atoms with Crippen molar-refractivity contribution < 1.29 is 18.7 Å². The van der Waals surface area contributed by atoms with Crippen LogP contribution in [0, 0.1) is 5.92 Å². The average Bonchev–Trinajstić information content (AvgIpc) is 3.08. The molecule has 0 radical (unpaired) electrons. The van der Waals surface area contributed by atoms with Gasteiger partial charge in [-0.25, -0.2) is 0 Å². The molecule has 1 unspecified atom stereocenters. The van der Waals surface area contributed by atoms with Crippen LogP contribution < -0.4 is 20.3 Å². The number of nitrogens with zero attached hydrogens (tertiary/aromatic N) is 2. The number of fused-ring (bicyclic) bond motifs is 1. The molecule has 0 aliphatic carbocycles. The van der Waals surface area contributed by atoms with Crippen LogP contribution >= 0.6 is 0 Å². The summed E-state index contributed by atoms with van der Waals surface area (Å²) in [7, 11) is 1.62. The monoisotopic (exact) mass is 374 g/mol. The lowest BCUT2D eigenvalue weighted by Crippen LogP contribution is -2.39. The summed E-state index contributed by atoms with van der Waals surface area (Å²) >= 11 is 0. The van der Waals surface area contributed by atoms with Crippen molar-refractivity contribution >= 4 is 28.9 Å². The average molecular weight is 374 g/mol. The molecule has 27 heavy (non-hydrogen) atoms. The molecular weight excluding hydrogens is 348 g/mol. The third-order valence-electron chi connectivity index (χ3n) is 4.67. The molecule has 1 aliphatic heterocycles. The Balaban J connectivity index is 1.54. The minimum absolute atomic E-state index is 0.00880. The van der Waals surface area contributed by atoms with Crippen molar-refractivity contribution in [2.24, 2.45) is 5.92 Å². The number of anilines is 1. The Labute approximate surface area is 158 Å². The van der Waals surface area contributed by atoms with Crippen molar-refractivity contribution in [3.05, 3.63) is 18.2 Å². The second-order valence-electron chi connectivity index (χ2n) is 6.82. The minimum atomic E-state index is -0.0943. The molecule has 0 saturated carbocycles. The zero-order chi connectivity index (χ0) is 19.2. The van der Waals surface area contributed by atoms with Gasteiger partial charge in [0.15, 0.2) is 5.58 Å². The summed E-state index contributed by atoms with van der Waals surface area (Å²) in [4.78, 5) is 29.6. The molecule has 0 spiro atoms. The van der Waals surface area contributed by atoms with Gasteiger partial charge in [-0.2, -0.15) is 4.98 Å². The zero-order valence-electron chi connectivity index (χ0n) is 15.8. The summed E-state index contributed by atoms with van der Waals surface area (Å²) in [6.07, 6.45) is 2.46. The van der Waals surface area contributed by atoms with E-state index in [0.29, 0.717) is 25.5 Å². The number of amides is 2. The molecule has 2 heterocycles. The van der Waals surface area contributed by atoms with Gasteiger partial charge in [0.05, 0.1) is 7.11 Å². The topological polar surface area (TPSA) is 96.7 Å². The van der Waals surface area contributed by atoms with Crippen molar-refractivity contribution in [3.8, 4) is 5.75 Å². The molecule has 1 aromatic heterocycles. The Kier molecular flexibility index (Phi) is 6.16. The van der Waals surface area contributed by atoms with Gasteiger partial charge < -0.3 is 24.7 Å². The Morgan fingerprint density at radius 3 is 2.93 bits per heavy atom. The summed E-state index contributed by atoms with van der Waals surface area (Å²) < 4.78 is 11.1. The lowest BCUT2D eigenvalue weighted by atomic mass is 9.95. The third-order valence-corrected chi connectivity index (χ3v) is 4.67. The van der Waals surface area contributed by atoms with E-state index >= 15 is 0 Å². The first-order valence-corrected chi connectivity index (χ1v) is 9.26. The second kappa shape index (κ2) is 8.75. The van der Waals surface area contributed by atoms with E-state index in [1.54, 1.807) is 7.11 Å². The summed E-state index contributed by atoms with van der Waals surface area (Å²) in [5, 5.41) is 5.51. The molecule has 1 saturated heterocycles. The molecule has 8 heteroatoms. The summed E-state index contributed by atoms with van der Waals surface area (Å²) in [5.41, 5.74) is 1.49. The molecule has 1 atom stereocenters. The summed E-state index contributed by atoms with van der Waals surface area (Å²) in [5.74, 6) is 0.913. The molecule has 1 fully saturated rings. The Bertz CT molecular complexity index is 804. The first-order chi connectivity index (χ1) is 13.0. The fraction of sp³-hybridized carbons (Fsp3) is 0.526. The van der Waals surface area contributed by atoms with Crippen molar-refractivity contribution in [1.29, 1.82) is 0 Å². The maximum atomic E-state index is 12.1. The quantitative estimate of drug-likeness (QED) is 0.716. The van der Waals surface area contributed by atoms with Crippen molar-refractivity contribution in [2.45, 2.75) is 26.2 Å². The highest BCUT2D eigenvalue weighted by molar-refractivity contribution is 5.77. The van der Waals surface area contributed by atoms with E-state index in [2.05, 4.69) is 20.5 Å². The van der Waals surface area contributed by atoms with Gasteiger partial charge in [0.25, 0.3) is 6.01 Å². The van der Waals surface area contributed by atoms with Gasteiger partial charge in [0.1, 0.15) is 11.3 Å². The molecule has 2 N–H and O–H groups in total. The van der Waals surface area contributed by atoms with E-state index in [1.807, 2.05) is 18.2 Å². The Hall–Kier alpha value is -2.77. The number of nitrogens with one attached hydrogen (secondary N) is 2. The minimum Gasteiger partial charge on any atom is -0.497 e. The van der Waals surface area contributed by atoms with Crippen molar-refractivity contribution in [3.63, 3.8) is 0 Å². The first-order valence-electron chi connectivity index (χ1n) is 9.26. The highest BCUT2D eigenvalue weighted by atomic mass is 16.5. The van der Waals surface area contributed by atoms with Crippen LogP contribution in [0.4, 0.5) is 6.01 Å². The number of benzene rings is 1. The Morgan fingerprint density at radius 2 is 2.15 bits per heavy atom. The van der Waals surface area contributed by atoms with Crippen LogP contribution in [0.1, 0.15) is 26.2 Å². The lowest BCUT2D eigenvalue weighted by Gasteiger charge is -2.31. The van der Waals surface area contributed by atoms with Gasteiger partial charge in [-0.15, -0.1) is 0 Å². The Morgan fingerprint density at radius 1 is 1.33 bits per heavy atom. The maximum Gasteiger partial charge on any atom is 0.298 e. The predicted octanol–water partition coefficient (Wildman–Crippen LogP) is 1.70. The second-order valence-corrected chi connectivity index (χ2v) is 6.82. The van der Waals surface area contributed by atoms with Crippen LogP contribution in [0.15, 0.2) is 22.6 Å². The molecule has 1 aliphatic rings. The van der Waals surface area contributed by atoms with Crippen LogP contribution in [-0.4, -0.2) is 50.1 Å². The number of hydrogen-bond acceptors (Lipinski definition) is 6. The first kappa shape index (κ1) is 19.0. The predicted molar refractivity (Wildman–Crippen MR) is 102 cm³/mol. The SMILES string of the molecule is COc1ccc2oc(N3CCCC(CC(=O)NCCNC(C)=O)C3)nc2c1. The molecule has 146 valence electrons. The molecule has 3 rings (SSSR count). The van der Waals surface area contributed by atoms with Gasteiger partial charge in [0.2, 0.25) is 11.8 Å². The van der Waals surface area contributed by atoms with Crippen molar-refractivity contribution in [2.75, 3.05) is 38.2 Å². The lowest BCUT2D eigenvalue weighted by molar-refractivity contribution is -0.122. The fourth-order valence-corrected chi connectivity index (χ4v) is 3.34. The van der Waals surface area contributed by atoms with E-state index < -0.39 is 0 Å². The maximum absolute atomic E-state index is 12.1. The van der Waals surface area contributed by atoms with Gasteiger partial charge in [-0.3, -0.25) is 9.59 Å². The number of methoxy groups -OCH3 is 1. The van der Waals surface area contributed by atoms with E-state index in [0.717, 1.165) is 42.8 Å². The standard InChI is InChI=1S/C19H26N4O4/c1-13(24)20-7-8-21-18(25)10-14-4-3-9-23(12-14)19-22-16-11-15(26-2)5-6-17(16)27-19/h5-6,11,14H,3-4,7-10,12H2,1-2H3,(H,20,24)(H,21,25). The van der Waals surface area contributed by atoms with Crippen LogP contribution in [0.3, 0.4) is 0 Å². The number of hydrogen-bond donors (Lipinski definition) is 2. The van der Waals surface area contributed by atoms with Gasteiger partial charge >= 0.3 is 0 Å². The third kappa shape index (κ3) is 5.12. The van der Waals surface area contributed by atoms with Gasteiger partial charge in [-0.1, -0.05) is 0 Å². The fourth-order valence-electron chi connectivity index (χ4n) is 3.34. The largest absolute Gasteiger partial charge is 0.497 e. The number of piperidine rings is 1. The summed E-state index contributed by atoms with van der Waals surface area (Å²) in [6.45, 7) is 3.96. The van der Waals surface area contributed by atoms with Gasteiger partial charge in [0, 0.05) is 45.6 Å². The molecule has 8 nitrogen and oxygen atoms in total. The number of oxazole rings is 1. The normalized spacial score (nSPS) is 17.0. The number of ether oxygens (including phenoxy) is 1. The highest BCUT2D eigenvalue weighted by Crippen LogP contribution is 2.29. The smallest absolute Gasteiger partial charge is 0.298 e. The van der Waals surface area contributed by atoms with Crippen LogP contribution in [-0.2, 0) is 9.59 Å². The van der Waals surface area contributed by atoms with E-state index in [-0.39, 0.29) is 17.7 Å². The van der Waals surface area contributed by atoms with Crippen LogP contribution in [0.2, 0.25) is 0 Å². The van der Waals surface area contributed by atoms with E-state index in [9.17, 15) is 9.59 Å². The number of carbonyl (C=O) groups is 2. The molecule has 1 aromatic carbocycles. The molecule has 0 bridgehead atoms. The number of carbonyl (C=O) groups excluding carboxylic acids is 2. The van der Waals surface area contributed by atoms with Gasteiger partial charge in [-0.05, 0) is 30.9 Å².